The van der Waals surface area contributed by atoms with E-state index >= 15 is 0 Å². The fourth-order valence-electron chi connectivity index (χ4n) is 2.41. The van der Waals surface area contributed by atoms with Gasteiger partial charge in [0.15, 0.2) is 0 Å². The van der Waals surface area contributed by atoms with Crippen LogP contribution in [0.25, 0.3) is 0 Å². The van der Waals surface area contributed by atoms with Gasteiger partial charge in [0.05, 0.1) is 6.54 Å². The Labute approximate surface area is 124 Å². The molecule has 20 heavy (non-hydrogen) atoms. The van der Waals surface area contributed by atoms with Crippen molar-refractivity contribution in [3.63, 3.8) is 0 Å². The van der Waals surface area contributed by atoms with Gasteiger partial charge in [-0.2, -0.15) is 0 Å². The Morgan fingerprint density at radius 1 is 1.05 bits per heavy atom. The second-order valence-corrected chi connectivity index (χ2v) is 12.4. The summed E-state index contributed by atoms with van der Waals surface area (Å²) in [4.78, 5) is 0. The van der Waals surface area contributed by atoms with E-state index in [1.807, 2.05) is 0 Å². The van der Waals surface area contributed by atoms with Crippen molar-refractivity contribution in [2.24, 2.45) is 0 Å². The minimum atomic E-state index is -0.856. The summed E-state index contributed by atoms with van der Waals surface area (Å²) < 4.78 is 4.57. The highest BCUT2D eigenvalue weighted by Crippen LogP contribution is 2.13. The summed E-state index contributed by atoms with van der Waals surface area (Å²) in [5.41, 5.74) is 1.36. The van der Waals surface area contributed by atoms with Gasteiger partial charge in [0.25, 0.3) is 0 Å². The SMILES string of the molecule is C[Si](C)(C)CCCCn1cc[n+](Cc2ccccc2)c1. The number of aromatic nitrogens is 2. The zero-order valence-corrected chi connectivity index (χ0v) is 14.0. The van der Waals surface area contributed by atoms with Gasteiger partial charge in [-0.1, -0.05) is 62.4 Å². The van der Waals surface area contributed by atoms with Crippen LogP contribution in [0.2, 0.25) is 25.7 Å². The first kappa shape index (κ1) is 15.0. The van der Waals surface area contributed by atoms with Crippen molar-refractivity contribution in [2.45, 2.75) is 51.6 Å². The van der Waals surface area contributed by atoms with E-state index in [9.17, 15) is 0 Å². The average molecular weight is 288 g/mol. The molecule has 1 aromatic carbocycles. The number of hydrogen-bond acceptors (Lipinski definition) is 0. The molecule has 0 aliphatic heterocycles. The number of aryl methyl sites for hydroxylation is 1. The second kappa shape index (κ2) is 6.89. The van der Waals surface area contributed by atoms with Crippen molar-refractivity contribution in [3.8, 4) is 0 Å². The standard InChI is InChI=1S/C17H27N2Si/c1-20(2,3)14-8-7-11-18-12-13-19(16-18)15-17-9-5-4-6-10-17/h4-6,9-10,12-13,16H,7-8,11,14-15H2,1-3H3/q+1. The first-order valence-corrected chi connectivity index (χ1v) is 11.3. The largest absolute Gasteiger partial charge is 0.244 e. The molecule has 0 spiro atoms. The highest BCUT2D eigenvalue weighted by molar-refractivity contribution is 6.76. The number of nitrogens with zero attached hydrogens (tertiary/aromatic N) is 2. The van der Waals surface area contributed by atoms with Gasteiger partial charge in [0.2, 0.25) is 6.33 Å². The molecular formula is C17H27N2Si+. The Kier molecular flexibility index (Phi) is 5.18. The molecular weight excluding hydrogens is 260 g/mol. The second-order valence-electron chi connectivity index (χ2n) is 6.83. The van der Waals surface area contributed by atoms with Crippen molar-refractivity contribution >= 4 is 8.07 Å². The maximum Gasteiger partial charge on any atom is 0.244 e. The minimum Gasteiger partial charge on any atom is -0.237 e. The lowest BCUT2D eigenvalue weighted by atomic mass is 10.2. The first-order valence-electron chi connectivity index (χ1n) is 7.62. The first-order chi connectivity index (χ1) is 9.53. The third kappa shape index (κ3) is 5.33. The van der Waals surface area contributed by atoms with Gasteiger partial charge >= 0.3 is 0 Å². The smallest absolute Gasteiger partial charge is 0.237 e. The van der Waals surface area contributed by atoms with Gasteiger partial charge in [-0.15, -0.1) is 0 Å². The molecule has 2 rings (SSSR count). The van der Waals surface area contributed by atoms with Crippen molar-refractivity contribution in [2.75, 3.05) is 0 Å². The molecule has 2 nitrogen and oxygen atoms in total. The predicted molar refractivity (Wildman–Crippen MR) is 87.6 cm³/mol. The normalized spacial score (nSPS) is 11.8. The molecule has 0 radical (unpaired) electrons. The fourth-order valence-corrected chi connectivity index (χ4v) is 3.72. The van der Waals surface area contributed by atoms with Gasteiger partial charge in [-0.05, 0) is 12.0 Å². The van der Waals surface area contributed by atoms with Crippen LogP contribution in [0.15, 0.2) is 49.1 Å². The monoisotopic (exact) mass is 287 g/mol. The van der Waals surface area contributed by atoms with Gasteiger partial charge < -0.3 is 0 Å². The lowest BCUT2D eigenvalue weighted by Crippen LogP contribution is -2.31. The number of benzene rings is 1. The molecule has 0 bridgehead atoms. The van der Waals surface area contributed by atoms with E-state index in [1.54, 1.807) is 0 Å². The van der Waals surface area contributed by atoms with Gasteiger partial charge in [0, 0.05) is 8.07 Å². The van der Waals surface area contributed by atoms with Crippen LogP contribution in [0.5, 0.6) is 0 Å². The molecule has 0 saturated heterocycles. The molecule has 2 aromatic rings. The lowest BCUT2D eigenvalue weighted by molar-refractivity contribution is -0.687. The van der Waals surface area contributed by atoms with Crippen LogP contribution in [-0.2, 0) is 13.1 Å². The molecule has 3 heteroatoms. The Hall–Kier alpha value is -1.35. The molecule has 0 amide bonds. The maximum atomic E-state index is 2.45. The van der Waals surface area contributed by atoms with E-state index in [0.717, 1.165) is 13.1 Å². The number of rotatable bonds is 7. The van der Waals surface area contributed by atoms with Gasteiger partial charge in [-0.3, -0.25) is 0 Å². The summed E-state index contributed by atoms with van der Waals surface area (Å²) >= 11 is 0. The average Bonchev–Trinajstić information content (AvgIpc) is 2.82. The summed E-state index contributed by atoms with van der Waals surface area (Å²) in [7, 11) is -0.856. The minimum absolute atomic E-state index is 0.856. The molecule has 0 atom stereocenters. The van der Waals surface area contributed by atoms with Crippen molar-refractivity contribution in [1.82, 2.24) is 4.57 Å². The predicted octanol–water partition coefficient (Wildman–Crippen LogP) is 3.94. The van der Waals surface area contributed by atoms with Crippen LogP contribution in [0, 0.1) is 0 Å². The van der Waals surface area contributed by atoms with Crippen LogP contribution in [0.4, 0.5) is 0 Å². The molecule has 0 aliphatic rings. The fraction of sp³-hybridized carbons (Fsp3) is 0.471. The van der Waals surface area contributed by atoms with E-state index in [0.29, 0.717) is 0 Å². The summed E-state index contributed by atoms with van der Waals surface area (Å²) in [6.07, 6.45) is 9.25. The van der Waals surface area contributed by atoms with E-state index in [1.165, 1.54) is 24.4 Å². The van der Waals surface area contributed by atoms with Crippen LogP contribution in [-0.4, -0.2) is 12.6 Å². The Morgan fingerprint density at radius 2 is 1.80 bits per heavy atom. The van der Waals surface area contributed by atoms with E-state index in [2.05, 4.69) is 77.8 Å². The Balaban J connectivity index is 1.78. The highest BCUT2D eigenvalue weighted by atomic mass is 28.3. The molecule has 0 N–H and O–H groups in total. The third-order valence-electron chi connectivity index (χ3n) is 3.55. The van der Waals surface area contributed by atoms with Crippen molar-refractivity contribution in [3.05, 3.63) is 54.6 Å². The van der Waals surface area contributed by atoms with Crippen LogP contribution >= 0.6 is 0 Å². The third-order valence-corrected chi connectivity index (χ3v) is 5.40. The quantitative estimate of drug-likeness (QED) is 0.414. The Morgan fingerprint density at radius 3 is 2.50 bits per heavy atom. The summed E-state index contributed by atoms with van der Waals surface area (Å²) in [5, 5.41) is 0. The zero-order chi connectivity index (χ0) is 14.4. The highest BCUT2D eigenvalue weighted by Gasteiger charge is 2.12. The maximum absolute atomic E-state index is 2.45. The topological polar surface area (TPSA) is 8.81 Å². The van der Waals surface area contributed by atoms with Crippen molar-refractivity contribution < 1.29 is 4.57 Å². The van der Waals surface area contributed by atoms with Crippen LogP contribution < -0.4 is 4.57 Å². The zero-order valence-electron chi connectivity index (χ0n) is 13.0. The van der Waals surface area contributed by atoms with Crippen LogP contribution in [0.1, 0.15) is 18.4 Å². The van der Waals surface area contributed by atoms with Crippen molar-refractivity contribution in [1.29, 1.82) is 0 Å². The molecule has 0 fully saturated rings. The van der Waals surface area contributed by atoms with Gasteiger partial charge in [-0.25, -0.2) is 9.13 Å². The summed E-state index contributed by atoms with van der Waals surface area (Å²) in [5.74, 6) is 0. The molecule has 0 aliphatic carbocycles. The van der Waals surface area contributed by atoms with E-state index < -0.39 is 8.07 Å². The molecule has 0 unspecified atom stereocenters. The summed E-state index contributed by atoms with van der Waals surface area (Å²) in [6, 6.07) is 12.1. The van der Waals surface area contributed by atoms with Crippen LogP contribution in [0.3, 0.4) is 0 Å². The number of imidazole rings is 1. The van der Waals surface area contributed by atoms with E-state index in [-0.39, 0.29) is 0 Å². The lowest BCUT2D eigenvalue weighted by Gasteiger charge is -2.14. The molecule has 1 aromatic heterocycles. The Bertz CT molecular complexity index is 511. The number of hydrogen-bond donors (Lipinski definition) is 0. The molecule has 0 saturated carbocycles. The summed E-state index contributed by atoms with van der Waals surface area (Å²) in [6.45, 7) is 9.47. The number of unbranched alkanes of at least 4 members (excludes halogenated alkanes) is 1. The molecule has 108 valence electrons. The molecule has 1 heterocycles. The van der Waals surface area contributed by atoms with E-state index in [4.69, 9.17) is 0 Å². The van der Waals surface area contributed by atoms with Gasteiger partial charge in [0.1, 0.15) is 18.9 Å².